The summed E-state index contributed by atoms with van der Waals surface area (Å²) in [6.45, 7) is 1.44. The van der Waals surface area contributed by atoms with Crippen LogP contribution in [-0.4, -0.2) is 16.7 Å². The minimum Gasteiger partial charge on any atom is -0.549 e. The van der Waals surface area contributed by atoms with Crippen molar-refractivity contribution in [1.82, 2.24) is 0 Å². The Balaban J connectivity index is 0.00000121. The van der Waals surface area contributed by atoms with Gasteiger partial charge >= 0.3 is 29.6 Å². The monoisotopic (exact) mass is 176 g/mol. The molecule has 3 nitrogen and oxygen atoms in total. The van der Waals surface area contributed by atoms with Crippen molar-refractivity contribution < 1.29 is 44.6 Å². The van der Waals surface area contributed by atoms with Crippen LogP contribution in [0, 0.1) is 5.92 Å². The van der Waals surface area contributed by atoms with Crippen LogP contribution in [-0.2, 0) is 4.79 Å². The van der Waals surface area contributed by atoms with E-state index in [9.17, 15) is 15.0 Å². The maximum Gasteiger partial charge on any atom is 1.00 e. The van der Waals surface area contributed by atoms with Crippen LogP contribution >= 0.6 is 0 Å². The molecule has 1 aliphatic rings. The maximum absolute atomic E-state index is 10.4. The Morgan fingerprint density at radius 1 is 1.58 bits per heavy atom. The second kappa shape index (κ2) is 4.23. The molecule has 12 heavy (non-hydrogen) atoms. The second-order valence-electron chi connectivity index (χ2n) is 2.77. The van der Waals surface area contributed by atoms with Gasteiger partial charge in [0.25, 0.3) is 0 Å². The van der Waals surface area contributed by atoms with Crippen LogP contribution in [0.5, 0.6) is 0 Å². The molecule has 1 N–H and O–H groups in total. The zero-order valence-corrected chi connectivity index (χ0v) is 9.15. The van der Waals surface area contributed by atoms with E-state index in [-0.39, 0.29) is 29.6 Å². The van der Waals surface area contributed by atoms with Crippen LogP contribution in [0.15, 0.2) is 24.3 Å². The fourth-order valence-corrected chi connectivity index (χ4v) is 1.04. The van der Waals surface area contributed by atoms with Crippen molar-refractivity contribution in [2.24, 2.45) is 5.92 Å². The summed E-state index contributed by atoms with van der Waals surface area (Å²) in [5.74, 6) is -2.19. The minimum atomic E-state index is -1.31. The van der Waals surface area contributed by atoms with Gasteiger partial charge in [0.2, 0.25) is 0 Å². The number of aliphatic hydroxyl groups is 1. The van der Waals surface area contributed by atoms with Gasteiger partial charge in [-0.05, 0) is 6.92 Å². The molecule has 1 rings (SSSR count). The fourth-order valence-electron chi connectivity index (χ4n) is 1.04. The summed E-state index contributed by atoms with van der Waals surface area (Å²) in [5.41, 5.74) is -1.31. The average Bonchev–Trinajstić information content (AvgIpc) is 1.85. The molecule has 0 bridgehead atoms. The maximum atomic E-state index is 10.4. The molecule has 0 spiro atoms. The Kier molecular flexibility index (Phi) is 4.20. The third-order valence-electron chi connectivity index (χ3n) is 1.73. The molecular formula is C8H9NaO3. The molecule has 0 saturated carbocycles. The van der Waals surface area contributed by atoms with Crippen molar-refractivity contribution in [3.8, 4) is 0 Å². The molecule has 0 aromatic rings. The number of hydrogen-bond acceptors (Lipinski definition) is 3. The Morgan fingerprint density at radius 2 is 2.17 bits per heavy atom. The van der Waals surface area contributed by atoms with Crippen LogP contribution in [0.2, 0.25) is 0 Å². The van der Waals surface area contributed by atoms with Gasteiger partial charge in [0.05, 0.1) is 11.6 Å². The van der Waals surface area contributed by atoms with Gasteiger partial charge in [-0.15, -0.1) is 0 Å². The standard InChI is InChI=1S/C8H10O3.Na/c1-8(11)5-3-2-4-6(8)7(9)10;/h2-6,11H,1H3,(H,9,10);/q;+1/p-1. The van der Waals surface area contributed by atoms with Gasteiger partial charge in [0.1, 0.15) is 0 Å². The summed E-state index contributed by atoms with van der Waals surface area (Å²) in [5, 5.41) is 19.9. The first-order valence-corrected chi connectivity index (χ1v) is 3.33. The van der Waals surface area contributed by atoms with Crippen LogP contribution in [0.25, 0.3) is 0 Å². The smallest absolute Gasteiger partial charge is 0.549 e. The Bertz CT molecular complexity index is 230. The molecule has 2 unspecified atom stereocenters. The molecule has 0 aromatic heterocycles. The van der Waals surface area contributed by atoms with Gasteiger partial charge in [-0.3, -0.25) is 0 Å². The fraction of sp³-hybridized carbons (Fsp3) is 0.375. The van der Waals surface area contributed by atoms with Crippen LogP contribution in [0.4, 0.5) is 0 Å². The van der Waals surface area contributed by atoms with Gasteiger partial charge in [0, 0.05) is 5.92 Å². The number of aliphatic carboxylic acids is 1. The largest absolute Gasteiger partial charge is 1.00 e. The molecule has 0 radical (unpaired) electrons. The molecule has 0 heterocycles. The molecule has 1 aliphatic carbocycles. The van der Waals surface area contributed by atoms with E-state index in [1.165, 1.54) is 19.1 Å². The van der Waals surface area contributed by atoms with Crippen LogP contribution in [0.3, 0.4) is 0 Å². The van der Waals surface area contributed by atoms with Crippen molar-refractivity contribution in [2.45, 2.75) is 12.5 Å². The third kappa shape index (κ3) is 2.45. The molecule has 0 aliphatic heterocycles. The van der Waals surface area contributed by atoms with Crippen molar-refractivity contribution >= 4 is 5.97 Å². The van der Waals surface area contributed by atoms with E-state index in [2.05, 4.69) is 0 Å². The molecule has 4 heteroatoms. The Morgan fingerprint density at radius 3 is 2.50 bits per heavy atom. The van der Waals surface area contributed by atoms with E-state index >= 15 is 0 Å². The summed E-state index contributed by atoms with van der Waals surface area (Å²) >= 11 is 0. The molecule has 0 amide bonds. The molecule has 2 atom stereocenters. The average molecular weight is 176 g/mol. The number of carboxylic acid groups (broad SMARTS) is 1. The van der Waals surface area contributed by atoms with E-state index in [1.807, 2.05) is 0 Å². The quantitative estimate of drug-likeness (QED) is 0.417. The van der Waals surface area contributed by atoms with E-state index in [1.54, 1.807) is 12.2 Å². The number of carbonyl (C=O) groups is 1. The van der Waals surface area contributed by atoms with Gasteiger partial charge in [-0.2, -0.15) is 0 Å². The van der Waals surface area contributed by atoms with Gasteiger partial charge in [0.15, 0.2) is 0 Å². The first-order chi connectivity index (χ1) is 5.04. The van der Waals surface area contributed by atoms with Crippen LogP contribution in [0.1, 0.15) is 6.92 Å². The first-order valence-electron chi connectivity index (χ1n) is 3.33. The van der Waals surface area contributed by atoms with Gasteiger partial charge in [-0.1, -0.05) is 24.3 Å². The second-order valence-corrected chi connectivity index (χ2v) is 2.77. The number of rotatable bonds is 1. The van der Waals surface area contributed by atoms with Gasteiger partial charge < -0.3 is 15.0 Å². The zero-order chi connectivity index (χ0) is 8.48. The van der Waals surface area contributed by atoms with Crippen molar-refractivity contribution in [1.29, 1.82) is 0 Å². The summed E-state index contributed by atoms with van der Waals surface area (Å²) in [4.78, 5) is 10.4. The summed E-state index contributed by atoms with van der Waals surface area (Å²) in [7, 11) is 0. The van der Waals surface area contributed by atoms with Crippen LogP contribution < -0.4 is 34.7 Å². The summed E-state index contributed by atoms with van der Waals surface area (Å²) in [6, 6.07) is 0. The normalized spacial score (nSPS) is 32.7. The van der Waals surface area contributed by atoms with E-state index < -0.39 is 17.5 Å². The number of hydrogen-bond donors (Lipinski definition) is 1. The van der Waals surface area contributed by atoms with Crippen molar-refractivity contribution in [3.05, 3.63) is 24.3 Å². The van der Waals surface area contributed by atoms with Crippen molar-refractivity contribution in [3.63, 3.8) is 0 Å². The summed E-state index contributed by atoms with van der Waals surface area (Å²) in [6.07, 6.45) is 6.04. The Hall–Kier alpha value is -0.0900. The third-order valence-corrected chi connectivity index (χ3v) is 1.73. The molecule has 60 valence electrons. The van der Waals surface area contributed by atoms with Crippen molar-refractivity contribution in [2.75, 3.05) is 0 Å². The van der Waals surface area contributed by atoms with E-state index in [0.717, 1.165) is 0 Å². The molecule has 0 saturated heterocycles. The topological polar surface area (TPSA) is 60.4 Å². The predicted molar refractivity (Wildman–Crippen MR) is 37.4 cm³/mol. The molecule has 0 fully saturated rings. The zero-order valence-electron chi connectivity index (χ0n) is 7.15. The Labute approximate surface area is 93.1 Å². The minimum absolute atomic E-state index is 0. The number of carboxylic acids is 1. The molecular weight excluding hydrogens is 167 g/mol. The van der Waals surface area contributed by atoms with E-state index in [4.69, 9.17) is 0 Å². The SMILES string of the molecule is CC1(O)C=CC=CC1C(=O)[O-].[Na+]. The molecule has 0 aromatic carbocycles. The predicted octanol–water partition coefficient (Wildman–Crippen LogP) is -3.77. The van der Waals surface area contributed by atoms with E-state index in [0.29, 0.717) is 0 Å². The number of allylic oxidation sites excluding steroid dienone is 2. The number of carbonyl (C=O) groups excluding carboxylic acids is 1. The summed E-state index contributed by atoms with van der Waals surface area (Å²) < 4.78 is 0. The van der Waals surface area contributed by atoms with Gasteiger partial charge in [-0.25, -0.2) is 0 Å². The first kappa shape index (κ1) is 11.9.